The molecule has 4 nitrogen and oxygen atoms in total. The molecule has 0 saturated carbocycles. The van der Waals surface area contributed by atoms with Gasteiger partial charge in [-0.3, -0.25) is 4.90 Å². The van der Waals surface area contributed by atoms with E-state index in [0.717, 1.165) is 38.2 Å². The number of nitrogens with zero attached hydrogens (tertiary/aromatic N) is 1. The Morgan fingerprint density at radius 1 is 1.38 bits per heavy atom. The van der Waals surface area contributed by atoms with Crippen molar-refractivity contribution in [1.82, 2.24) is 4.90 Å². The Labute approximate surface area is 132 Å². The van der Waals surface area contributed by atoms with Gasteiger partial charge in [-0.05, 0) is 44.5 Å². The van der Waals surface area contributed by atoms with E-state index in [1.165, 1.54) is 6.26 Å². The first-order chi connectivity index (χ1) is 9.94. The van der Waals surface area contributed by atoms with Gasteiger partial charge < -0.3 is 4.74 Å². The third-order valence-electron chi connectivity index (χ3n) is 3.58. The van der Waals surface area contributed by atoms with Gasteiger partial charge in [0.15, 0.2) is 0 Å². The predicted molar refractivity (Wildman–Crippen MR) is 85.9 cm³/mol. The molecular formula is C15H22ClNO3S. The molecule has 21 heavy (non-hydrogen) atoms. The van der Waals surface area contributed by atoms with Gasteiger partial charge >= 0.3 is 0 Å². The molecule has 1 aromatic carbocycles. The molecule has 118 valence electrons. The predicted octanol–water partition coefficient (Wildman–Crippen LogP) is 2.62. The molecule has 0 amide bonds. The van der Waals surface area contributed by atoms with E-state index in [1.807, 2.05) is 24.3 Å². The maximum atomic E-state index is 11.2. The molecule has 0 unspecified atom stereocenters. The zero-order chi connectivity index (χ0) is 15.3. The number of hydrogen-bond donors (Lipinski definition) is 0. The second-order valence-corrected chi connectivity index (χ2v) is 8.26. The van der Waals surface area contributed by atoms with E-state index >= 15 is 0 Å². The Balaban J connectivity index is 1.82. The van der Waals surface area contributed by atoms with Gasteiger partial charge in [-0.2, -0.15) is 0 Å². The van der Waals surface area contributed by atoms with Gasteiger partial charge in [-0.25, -0.2) is 8.42 Å². The number of para-hydroxylation sites is 1. The van der Waals surface area contributed by atoms with Crippen LogP contribution in [-0.2, 0) is 9.84 Å². The van der Waals surface area contributed by atoms with Crippen LogP contribution in [0.15, 0.2) is 24.3 Å². The topological polar surface area (TPSA) is 46.6 Å². The number of sulfone groups is 1. The average molecular weight is 332 g/mol. The molecular weight excluding hydrogens is 310 g/mol. The molecule has 0 bridgehead atoms. The minimum Gasteiger partial charge on any atom is -0.488 e. The quantitative estimate of drug-likeness (QED) is 0.804. The SMILES string of the molecule is CS(=O)(=O)CCCN1CCC[C@@H](Oc2ccccc2Cl)C1. The van der Waals surface area contributed by atoms with E-state index < -0.39 is 9.84 Å². The zero-order valence-electron chi connectivity index (χ0n) is 12.3. The fourth-order valence-electron chi connectivity index (χ4n) is 2.58. The summed E-state index contributed by atoms with van der Waals surface area (Å²) in [4.78, 5) is 2.27. The summed E-state index contributed by atoms with van der Waals surface area (Å²) in [6, 6.07) is 7.50. The molecule has 1 saturated heterocycles. The van der Waals surface area contributed by atoms with Crippen LogP contribution in [0.2, 0.25) is 5.02 Å². The van der Waals surface area contributed by atoms with Crippen molar-refractivity contribution in [3.8, 4) is 5.75 Å². The van der Waals surface area contributed by atoms with E-state index in [2.05, 4.69) is 4.90 Å². The first-order valence-corrected chi connectivity index (χ1v) is 9.69. The maximum absolute atomic E-state index is 11.2. The molecule has 0 aromatic heterocycles. The highest BCUT2D eigenvalue weighted by Gasteiger charge is 2.21. The van der Waals surface area contributed by atoms with Crippen LogP contribution in [0, 0.1) is 0 Å². The largest absolute Gasteiger partial charge is 0.488 e. The summed E-state index contributed by atoms with van der Waals surface area (Å²) in [5.41, 5.74) is 0. The Hall–Kier alpha value is -0.780. The lowest BCUT2D eigenvalue weighted by Crippen LogP contribution is -2.41. The monoisotopic (exact) mass is 331 g/mol. The fourth-order valence-corrected chi connectivity index (χ4v) is 3.42. The first-order valence-electron chi connectivity index (χ1n) is 7.25. The molecule has 0 aliphatic carbocycles. The van der Waals surface area contributed by atoms with Gasteiger partial charge in [0.25, 0.3) is 0 Å². The first kappa shape index (κ1) is 16.6. The molecule has 2 rings (SSSR count). The Morgan fingerprint density at radius 3 is 2.86 bits per heavy atom. The molecule has 1 aliphatic heterocycles. The van der Waals surface area contributed by atoms with Crippen molar-refractivity contribution in [1.29, 1.82) is 0 Å². The minimum absolute atomic E-state index is 0.122. The van der Waals surface area contributed by atoms with E-state index in [4.69, 9.17) is 16.3 Å². The number of halogens is 1. The lowest BCUT2D eigenvalue weighted by Gasteiger charge is -2.33. The smallest absolute Gasteiger partial charge is 0.147 e. The van der Waals surface area contributed by atoms with Crippen molar-refractivity contribution < 1.29 is 13.2 Å². The van der Waals surface area contributed by atoms with Crippen molar-refractivity contribution in [2.24, 2.45) is 0 Å². The van der Waals surface area contributed by atoms with Crippen molar-refractivity contribution in [2.45, 2.75) is 25.4 Å². The van der Waals surface area contributed by atoms with Gasteiger partial charge in [0, 0.05) is 12.8 Å². The summed E-state index contributed by atoms with van der Waals surface area (Å²) in [7, 11) is -2.87. The standard InChI is InChI=1S/C15H22ClNO3S/c1-21(18,19)11-5-10-17-9-4-6-13(12-17)20-15-8-3-2-7-14(15)16/h2-3,7-8,13H,4-6,9-12H2,1H3/t13-/m1/s1. The van der Waals surface area contributed by atoms with Crippen LogP contribution in [0.3, 0.4) is 0 Å². The Kier molecular flexibility index (Phi) is 5.90. The second-order valence-electron chi connectivity index (χ2n) is 5.60. The van der Waals surface area contributed by atoms with Crippen molar-refractivity contribution in [2.75, 3.05) is 31.6 Å². The summed E-state index contributed by atoms with van der Waals surface area (Å²) in [6.45, 7) is 2.64. The highest BCUT2D eigenvalue weighted by Crippen LogP contribution is 2.26. The highest BCUT2D eigenvalue weighted by molar-refractivity contribution is 7.90. The van der Waals surface area contributed by atoms with E-state index in [-0.39, 0.29) is 11.9 Å². The van der Waals surface area contributed by atoms with Gasteiger partial charge in [0.1, 0.15) is 21.7 Å². The average Bonchev–Trinajstić information content (AvgIpc) is 2.40. The van der Waals surface area contributed by atoms with Crippen LogP contribution >= 0.6 is 11.6 Å². The molecule has 1 atom stereocenters. The van der Waals surface area contributed by atoms with Crippen molar-refractivity contribution in [3.63, 3.8) is 0 Å². The van der Waals surface area contributed by atoms with Crippen LogP contribution in [0.1, 0.15) is 19.3 Å². The summed E-state index contributed by atoms with van der Waals surface area (Å²) < 4.78 is 28.3. The van der Waals surface area contributed by atoms with Crippen molar-refractivity contribution in [3.05, 3.63) is 29.3 Å². The Morgan fingerprint density at radius 2 is 2.14 bits per heavy atom. The summed E-state index contributed by atoms with van der Waals surface area (Å²) in [5.74, 6) is 0.974. The molecule has 1 heterocycles. The molecule has 1 fully saturated rings. The Bertz CT molecular complexity index is 562. The van der Waals surface area contributed by atoms with Crippen LogP contribution in [-0.4, -0.2) is 51.1 Å². The van der Waals surface area contributed by atoms with Crippen LogP contribution in [0.4, 0.5) is 0 Å². The molecule has 1 aromatic rings. The highest BCUT2D eigenvalue weighted by atomic mass is 35.5. The van der Waals surface area contributed by atoms with E-state index in [1.54, 1.807) is 0 Å². The lowest BCUT2D eigenvalue weighted by atomic mass is 10.1. The van der Waals surface area contributed by atoms with Gasteiger partial charge in [0.2, 0.25) is 0 Å². The summed E-state index contributed by atoms with van der Waals surface area (Å²) in [6.07, 6.45) is 4.16. The summed E-state index contributed by atoms with van der Waals surface area (Å²) in [5, 5.41) is 0.631. The molecule has 0 radical (unpaired) electrons. The minimum atomic E-state index is -2.87. The number of rotatable bonds is 6. The number of likely N-dealkylation sites (tertiary alicyclic amines) is 1. The van der Waals surface area contributed by atoms with Crippen LogP contribution in [0.25, 0.3) is 0 Å². The van der Waals surface area contributed by atoms with Crippen LogP contribution in [0.5, 0.6) is 5.75 Å². The van der Waals surface area contributed by atoms with E-state index in [9.17, 15) is 8.42 Å². The maximum Gasteiger partial charge on any atom is 0.147 e. The molecule has 1 aliphatic rings. The van der Waals surface area contributed by atoms with Gasteiger partial charge in [-0.1, -0.05) is 23.7 Å². The van der Waals surface area contributed by atoms with Gasteiger partial charge in [0.05, 0.1) is 10.8 Å². The normalized spacial score (nSPS) is 20.4. The lowest BCUT2D eigenvalue weighted by molar-refractivity contribution is 0.0889. The van der Waals surface area contributed by atoms with Gasteiger partial charge in [-0.15, -0.1) is 0 Å². The molecule has 0 N–H and O–H groups in total. The zero-order valence-corrected chi connectivity index (χ0v) is 13.9. The van der Waals surface area contributed by atoms with Crippen molar-refractivity contribution >= 4 is 21.4 Å². The number of hydrogen-bond acceptors (Lipinski definition) is 4. The molecule has 0 spiro atoms. The second kappa shape index (κ2) is 7.47. The summed E-state index contributed by atoms with van der Waals surface area (Å²) >= 11 is 6.11. The third-order valence-corrected chi connectivity index (χ3v) is 4.92. The third kappa shape index (κ3) is 5.85. The van der Waals surface area contributed by atoms with Crippen LogP contribution < -0.4 is 4.74 Å². The number of benzene rings is 1. The van der Waals surface area contributed by atoms with E-state index in [0.29, 0.717) is 11.4 Å². The number of ether oxygens (including phenoxy) is 1. The molecule has 6 heteroatoms. The fraction of sp³-hybridized carbons (Fsp3) is 0.600. The number of piperidine rings is 1.